The van der Waals surface area contributed by atoms with Gasteiger partial charge in [-0.25, -0.2) is 0 Å². The number of hydrogen-bond acceptors (Lipinski definition) is 0. The predicted molar refractivity (Wildman–Crippen MR) is 119 cm³/mol. The monoisotopic (exact) mass is 488 g/mol. The van der Waals surface area contributed by atoms with Crippen molar-refractivity contribution in [2.45, 2.75) is 81.3 Å². The van der Waals surface area contributed by atoms with Gasteiger partial charge in [0.2, 0.25) is 0 Å². The molecule has 0 aromatic carbocycles. The van der Waals surface area contributed by atoms with Crippen LogP contribution >= 0.6 is 17.0 Å². The summed E-state index contributed by atoms with van der Waals surface area (Å²) < 4.78 is 0. The summed E-state index contributed by atoms with van der Waals surface area (Å²) in [7, 11) is 8.32. The van der Waals surface area contributed by atoms with E-state index < -0.39 is 28.9 Å². The Morgan fingerprint density at radius 2 is 1.04 bits per heavy atom. The molecule has 0 aromatic rings. The topological polar surface area (TPSA) is 0 Å². The van der Waals surface area contributed by atoms with Gasteiger partial charge in [0.1, 0.15) is 8.07 Å². The van der Waals surface area contributed by atoms with Crippen LogP contribution in [0.15, 0.2) is 44.8 Å². The Balaban J connectivity index is 0.00000105. The molecule has 26 heavy (non-hydrogen) atoms. The second kappa shape index (κ2) is 8.98. The SMILES string of the molecule is CC1=C([Si](C)(C)C2=C(C)C=C(C(C)(C)C)C2)CC(C(C)(C)C)=C1.[Cl][Zr][Cl]. The zero-order valence-electron chi connectivity index (χ0n) is 18.3. The predicted octanol–water partition coefficient (Wildman–Crippen LogP) is 8.54. The fourth-order valence-electron chi connectivity index (χ4n) is 4.03. The molecule has 0 unspecified atom stereocenters. The Kier molecular flexibility index (Phi) is 8.52. The van der Waals surface area contributed by atoms with Crippen molar-refractivity contribution in [3.8, 4) is 0 Å². The van der Waals surface area contributed by atoms with Gasteiger partial charge in [0.15, 0.2) is 0 Å². The zero-order chi connectivity index (χ0) is 20.5. The quantitative estimate of drug-likeness (QED) is 0.340. The Bertz CT molecular complexity index is 609. The first-order chi connectivity index (χ1) is 11.7. The number of rotatable bonds is 2. The molecular weight excluding hydrogens is 454 g/mol. The Labute approximate surface area is 181 Å². The van der Waals surface area contributed by atoms with Crippen LogP contribution in [0, 0.1) is 10.8 Å². The van der Waals surface area contributed by atoms with Crippen molar-refractivity contribution in [3.63, 3.8) is 0 Å². The summed E-state index contributed by atoms with van der Waals surface area (Å²) in [6.07, 6.45) is 7.37. The summed E-state index contributed by atoms with van der Waals surface area (Å²) in [5.41, 5.74) is 6.92. The molecule has 0 saturated heterocycles. The van der Waals surface area contributed by atoms with Crippen LogP contribution in [0.4, 0.5) is 0 Å². The van der Waals surface area contributed by atoms with E-state index in [4.69, 9.17) is 17.0 Å². The van der Waals surface area contributed by atoms with Crippen LogP contribution in [0.2, 0.25) is 13.1 Å². The molecule has 0 aliphatic heterocycles. The van der Waals surface area contributed by atoms with Crippen LogP contribution in [-0.4, -0.2) is 8.07 Å². The first kappa shape index (κ1) is 24.7. The second-order valence-electron chi connectivity index (χ2n) is 10.2. The Morgan fingerprint density at radius 3 is 1.23 bits per heavy atom. The molecular formula is C22H36Cl2SiZr. The molecule has 0 heterocycles. The standard InChI is InChI=1S/C22H36Si.2ClH.Zr/c1-15-11-17(21(3,4)5)13-19(15)23(9,10)20-14-18(12-16(20)2)22(6,7)8;;;/h11-12H,13-14H2,1-10H3;2*1H;/q;;;+2/p-2. The van der Waals surface area contributed by atoms with E-state index in [1.54, 1.807) is 32.7 Å². The molecule has 0 bridgehead atoms. The van der Waals surface area contributed by atoms with Gasteiger partial charge >= 0.3 is 37.9 Å². The average Bonchev–Trinajstić information content (AvgIpc) is 3.02. The first-order valence-electron chi connectivity index (χ1n) is 9.45. The van der Waals surface area contributed by atoms with Crippen LogP contribution in [0.3, 0.4) is 0 Å². The van der Waals surface area contributed by atoms with Crippen molar-refractivity contribution in [2.75, 3.05) is 0 Å². The average molecular weight is 491 g/mol. The molecule has 0 atom stereocenters. The van der Waals surface area contributed by atoms with E-state index in [9.17, 15) is 0 Å². The van der Waals surface area contributed by atoms with Crippen molar-refractivity contribution in [1.29, 1.82) is 0 Å². The van der Waals surface area contributed by atoms with E-state index in [1.165, 1.54) is 12.8 Å². The zero-order valence-corrected chi connectivity index (χ0v) is 23.3. The molecule has 2 aliphatic rings. The van der Waals surface area contributed by atoms with Gasteiger partial charge < -0.3 is 0 Å². The first-order valence-corrected chi connectivity index (χ1v) is 18.8. The van der Waals surface area contributed by atoms with Crippen LogP contribution in [0.1, 0.15) is 68.2 Å². The van der Waals surface area contributed by atoms with Crippen LogP contribution in [0.5, 0.6) is 0 Å². The molecule has 0 amide bonds. The summed E-state index contributed by atoms with van der Waals surface area (Å²) in [6, 6.07) is 0. The van der Waals surface area contributed by atoms with Gasteiger partial charge in [-0.1, -0.05) is 99.5 Å². The Morgan fingerprint density at radius 1 is 0.769 bits per heavy atom. The van der Waals surface area contributed by atoms with E-state index in [0.717, 1.165) is 0 Å². The third-order valence-corrected chi connectivity index (χ3v) is 10.1. The summed E-state index contributed by atoms with van der Waals surface area (Å²) in [4.78, 5) is 0. The van der Waals surface area contributed by atoms with Crippen LogP contribution < -0.4 is 0 Å². The van der Waals surface area contributed by atoms with Crippen molar-refractivity contribution < 1.29 is 20.8 Å². The van der Waals surface area contributed by atoms with Gasteiger partial charge in [0, 0.05) is 0 Å². The van der Waals surface area contributed by atoms with E-state index in [1.807, 2.05) is 0 Å². The minimum atomic E-state index is -1.55. The fraction of sp³-hybridized carbons (Fsp3) is 0.636. The molecule has 0 fully saturated rings. The number of hydrogen-bond donors (Lipinski definition) is 0. The molecule has 0 saturated carbocycles. The van der Waals surface area contributed by atoms with Gasteiger partial charge in [0.25, 0.3) is 0 Å². The van der Waals surface area contributed by atoms with Crippen molar-refractivity contribution >= 4 is 25.1 Å². The van der Waals surface area contributed by atoms with Crippen LogP contribution in [-0.2, 0) is 20.8 Å². The number of halogens is 2. The van der Waals surface area contributed by atoms with Gasteiger partial charge in [-0.3, -0.25) is 0 Å². The van der Waals surface area contributed by atoms with Gasteiger partial charge in [-0.05, 0) is 37.5 Å². The third-order valence-electron chi connectivity index (χ3n) is 5.90. The molecule has 0 nitrogen and oxygen atoms in total. The normalized spacial score (nSPS) is 18.6. The van der Waals surface area contributed by atoms with E-state index in [2.05, 4.69) is 80.6 Å². The summed E-state index contributed by atoms with van der Waals surface area (Å²) in [6.45, 7) is 23.9. The van der Waals surface area contributed by atoms with Crippen molar-refractivity contribution in [2.24, 2.45) is 10.8 Å². The summed E-state index contributed by atoms with van der Waals surface area (Å²) in [5.74, 6) is 0. The molecule has 0 N–H and O–H groups in total. The van der Waals surface area contributed by atoms with Crippen LogP contribution in [0.25, 0.3) is 0 Å². The number of allylic oxidation sites excluding steroid dienone is 8. The van der Waals surface area contributed by atoms with E-state index in [0.29, 0.717) is 10.8 Å². The summed E-state index contributed by atoms with van der Waals surface area (Å²) in [5, 5.41) is 3.53. The second-order valence-corrected chi connectivity index (χ2v) is 18.4. The maximum atomic E-state index is 4.93. The third kappa shape index (κ3) is 5.82. The maximum absolute atomic E-state index is 4.93. The minimum absolute atomic E-state index is 0.293. The molecule has 0 radical (unpaired) electrons. The van der Waals surface area contributed by atoms with Gasteiger partial charge in [-0.2, -0.15) is 0 Å². The molecule has 2 rings (SSSR count). The molecule has 0 aromatic heterocycles. The summed E-state index contributed by atoms with van der Waals surface area (Å²) >= 11 is -0.826. The van der Waals surface area contributed by atoms with E-state index in [-0.39, 0.29) is 0 Å². The van der Waals surface area contributed by atoms with Crippen molar-refractivity contribution in [1.82, 2.24) is 0 Å². The van der Waals surface area contributed by atoms with E-state index >= 15 is 0 Å². The van der Waals surface area contributed by atoms with Gasteiger partial charge in [0.05, 0.1) is 0 Å². The molecule has 2 aliphatic carbocycles. The fourth-order valence-corrected chi connectivity index (χ4v) is 7.78. The Hall–Kier alpha value is 0.640. The molecule has 4 heteroatoms. The molecule has 146 valence electrons. The van der Waals surface area contributed by atoms with Crippen molar-refractivity contribution in [3.05, 3.63) is 44.8 Å². The van der Waals surface area contributed by atoms with Gasteiger partial charge in [-0.15, -0.1) is 0 Å². The molecule has 0 spiro atoms.